The van der Waals surface area contributed by atoms with E-state index < -0.39 is 35.6 Å². The van der Waals surface area contributed by atoms with Crippen molar-refractivity contribution in [1.82, 2.24) is 15.1 Å². The lowest BCUT2D eigenvalue weighted by atomic mass is 9.75. The van der Waals surface area contributed by atoms with Gasteiger partial charge in [-0.1, -0.05) is 51.1 Å². The molecule has 0 bridgehead atoms. The third-order valence-electron chi connectivity index (χ3n) is 5.99. The molecular formula is C23H33N3O6. The number of ether oxygens (including phenoxy) is 2. The summed E-state index contributed by atoms with van der Waals surface area (Å²) in [6, 6.07) is 8.26. The molecule has 9 nitrogen and oxygen atoms in total. The second-order valence-electron chi connectivity index (χ2n) is 9.43. The lowest BCUT2D eigenvalue weighted by Gasteiger charge is -2.49. The van der Waals surface area contributed by atoms with Crippen LogP contribution in [0.3, 0.4) is 0 Å². The molecule has 3 amide bonds. The monoisotopic (exact) mass is 447 g/mol. The molecule has 2 heterocycles. The van der Waals surface area contributed by atoms with E-state index in [9.17, 15) is 19.5 Å². The third kappa shape index (κ3) is 5.91. The highest BCUT2D eigenvalue weighted by Gasteiger charge is 2.47. The molecule has 0 aliphatic carbocycles. The summed E-state index contributed by atoms with van der Waals surface area (Å²) in [5.41, 5.74) is 0.397. The van der Waals surface area contributed by atoms with Crippen LogP contribution in [-0.4, -0.2) is 77.9 Å². The largest absolute Gasteiger partial charge is 0.465 e. The maximum Gasteiger partial charge on any atom is 0.407 e. The van der Waals surface area contributed by atoms with Gasteiger partial charge in [-0.15, -0.1) is 0 Å². The summed E-state index contributed by atoms with van der Waals surface area (Å²) in [5, 5.41) is 12.8. The number of carbonyl (C=O) groups excluding carboxylic acids is 2. The molecule has 0 radical (unpaired) electrons. The molecule has 3 rings (SSSR count). The predicted molar refractivity (Wildman–Crippen MR) is 117 cm³/mol. The van der Waals surface area contributed by atoms with Gasteiger partial charge in [0, 0.05) is 19.6 Å². The fourth-order valence-corrected chi connectivity index (χ4v) is 4.62. The first-order valence-electron chi connectivity index (χ1n) is 11.0. The van der Waals surface area contributed by atoms with E-state index in [1.807, 2.05) is 51.1 Å². The number of piperidine rings is 1. The number of nitrogens with one attached hydrogen (secondary N) is 1. The summed E-state index contributed by atoms with van der Waals surface area (Å²) < 4.78 is 10.7. The van der Waals surface area contributed by atoms with E-state index >= 15 is 0 Å². The van der Waals surface area contributed by atoms with Crippen molar-refractivity contribution in [2.75, 3.05) is 32.8 Å². The summed E-state index contributed by atoms with van der Waals surface area (Å²) >= 11 is 0. The molecule has 3 atom stereocenters. The van der Waals surface area contributed by atoms with Crippen LogP contribution < -0.4 is 5.32 Å². The van der Waals surface area contributed by atoms with Gasteiger partial charge in [0.05, 0.1) is 31.2 Å². The number of likely N-dealkylation sites (tertiary alicyclic amines) is 1. The Morgan fingerprint density at radius 1 is 1.16 bits per heavy atom. The molecule has 1 aromatic carbocycles. The van der Waals surface area contributed by atoms with Gasteiger partial charge in [-0.3, -0.25) is 4.79 Å². The second-order valence-corrected chi connectivity index (χ2v) is 9.43. The average molecular weight is 448 g/mol. The zero-order valence-electron chi connectivity index (χ0n) is 19.0. The van der Waals surface area contributed by atoms with Crippen LogP contribution in [0.4, 0.5) is 9.59 Å². The highest BCUT2D eigenvalue weighted by Crippen LogP contribution is 2.35. The Morgan fingerprint density at radius 2 is 1.81 bits per heavy atom. The Hall–Kier alpha value is -2.81. The van der Waals surface area contributed by atoms with Gasteiger partial charge >= 0.3 is 12.2 Å². The highest BCUT2D eigenvalue weighted by molar-refractivity contribution is 5.80. The zero-order chi connectivity index (χ0) is 23.3. The summed E-state index contributed by atoms with van der Waals surface area (Å²) in [6.07, 6.45) is -1.38. The van der Waals surface area contributed by atoms with Crippen molar-refractivity contribution in [2.24, 2.45) is 11.3 Å². The van der Waals surface area contributed by atoms with Gasteiger partial charge in [0.25, 0.3) is 0 Å². The molecule has 0 spiro atoms. The third-order valence-corrected chi connectivity index (χ3v) is 5.99. The average Bonchev–Trinajstić information content (AvgIpc) is 2.77. The van der Waals surface area contributed by atoms with Gasteiger partial charge in [-0.2, -0.15) is 0 Å². The van der Waals surface area contributed by atoms with Crippen LogP contribution in [0.1, 0.15) is 32.8 Å². The van der Waals surface area contributed by atoms with Gasteiger partial charge < -0.3 is 29.7 Å². The molecule has 0 saturated carbocycles. The minimum Gasteiger partial charge on any atom is -0.465 e. The Morgan fingerprint density at radius 3 is 2.41 bits per heavy atom. The van der Waals surface area contributed by atoms with Crippen molar-refractivity contribution in [3.63, 3.8) is 0 Å². The minimum atomic E-state index is -1.10. The maximum atomic E-state index is 13.1. The van der Waals surface area contributed by atoms with E-state index in [0.717, 1.165) is 5.56 Å². The van der Waals surface area contributed by atoms with E-state index in [1.165, 1.54) is 4.90 Å². The first-order chi connectivity index (χ1) is 15.2. The number of rotatable bonds is 4. The molecular weight excluding hydrogens is 414 g/mol. The SMILES string of the molecule is CC(C)(C)C1[C@@H](NC(=O)OCc2ccccc2)C[C@@H](C(=O)N2CCOCC2)CN1C(=O)O. The molecule has 2 aliphatic rings. The minimum absolute atomic E-state index is 0.101. The summed E-state index contributed by atoms with van der Waals surface area (Å²) in [5.74, 6) is -0.640. The van der Waals surface area contributed by atoms with Crippen molar-refractivity contribution < 1.29 is 29.0 Å². The smallest absolute Gasteiger partial charge is 0.407 e. The number of carboxylic acid groups (broad SMARTS) is 1. The van der Waals surface area contributed by atoms with Gasteiger partial charge in [0.15, 0.2) is 0 Å². The Labute approximate surface area is 188 Å². The Balaban J connectivity index is 1.75. The van der Waals surface area contributed by atoms with Crippen LogP contribution in [0.25, 0.3) is 0 Å². The molecule has 1 unspecified atom stereocenters. The molecule has 2 saturated heterocycles. The summed E-state index contributed by atoms with van der Waals surface area (Å²) in [4.78, 5) is 40.9. The van der Waals surface area contributed by atoms with E-state index in [1.54, 1.807) is 4.90 Å². The van der Waals surface area contributed by atoms with E-state index in [0.29, 0.717) is 32.7 Å². The lowest BCUT2D eigenvalue weighted by Crippen LogP contribution is -2.65. The van der Waals surface area contributed by atoms with Crippen LogP contribution >= 0.6 is 0 Å². The standard InChI is InChI=1S/C23H33N3O6/c1-23(2,3)19-18(24-21(28)32-15-16-7-5-4-6-8-16)13-17(14-26(19)22(29)30)20(27)25-9-11-31-12-10-25/h4-8,17-19H,9-15H2,1-3H3,(H,24,28)(H,29,30)/t17-,18+,19?/m1/s1. The van der Waals surface area contributed by atoms with Crippen LogP contribution in [0.5, 0.6) is 0 Å². The van der Waals surface area contributed by atoms with Crippen molar-refractivity contribution in [3.8, 4) is 0 Å². The molecule has 176 valence electrons. The number of hydrogen-bond acceptors (Lipinski definition) is 5. The fraction of sp³-hybridized carbons (Fsp3) is 0.609. The van der Waals surface area contributed by atoms with Crippen molar-refractivity contribution in [1.29, 1.82) is 0 Å². The first-order valence-corrected chi connectivity index (χ1v) is 11.0. The molecule has 2 aliphatic heterocycles. The predicted octanol–water partition coefficient (Wildman–Crippen LogP) is 2.55. The normalized spacial score (nSPS) is 24.0. The van der Waals surface area contributed by atoms with Crippen LogP contribution in [0.2, 0.25) is 0 Å². The van der Waals surface area contributed by atoms with Crippen LogP contribution in [-0.2, 0) is 20.9 Å². The lowest BCUT2D eigenvalue weighted by molar-refractivity contribution is -0.142. The molecule has 32 heavy (non-hydrogen) atoms. The molecule has 2 fully saturated rings. The Kier molecular flexibility index (Phi) is 7.60. The van der Waals surface area contributed by atoms with Gasteiger partial charge in [0.2, 0.25) is 5.91 Å². The molecule has 1 aromatic rings. The first kappa shape index (κ1) is 23.8. The van der Waals surface area contributed by atoms with Crippen molar-refractivity contribution in [3.05, 3.63) is 35.9 Å². The van der Waals surface area contributed by atoms with Crippen molar-refractivity contribution >= 4 is 18.1 Å². The quantitative estimate of drug-likeness (QED) is 0.734. The Bertz CT molecular complexity index is 804. The van der Waals surface area contributed by atoms with E-state index in [4.69, 9.17) is 9.47 Å². The molecule has 2 N–H and O–H groups in total. The summed E-state index contributed by atoms with van der Waals surface area (Å²) in [6.45, 7) is 7.93. The second kappa shape index (κ2) is 10.2. The van der Waals surface area contributed by atoms with Gasteiger partial charge in [0.1, 0.15) is 6.61 Å². The number of amides is 3. The molecule has 0 aromatic heterocycles. The number of alkyl carbamates (subject to hydrolysis) is 1. The number of carbonyl (C=O) groups is 3. The maximum absolute atomic E-state index is 13.1. The number of morpholine rings is 1. The highest BCUT2D eigenvalue weighted by atomic mass is 16.5. The topological polar surface area (TPSA) is 108 Å². The van der Waals surface area contributed by atoms with Crippen LogP contribution in [0.15, 0.2) is 30.3 Å². The van der Waals surface area contributed by atoms with Crippen LogP contribution in [0, 0.1) is 11.3 Å². The number of benzene rings is 1. The fourth-order valence-electron chi connectivity index (χ4n) is 4.62. The van der Waals surface area contributed by atoms with Crippen molar-refractivity contribution in [2.45, 2.75) is 45.9 Å². The van der Waals surface area contributed by atoms with Gasteiger partial charge in [-0.25, -0.2) is 9.59 Å². The molecule has 9 heteroatoms. The number of hydrogen-bond donors (Lipinski definition) is 2. The zero-order valence-corrected chi connectivity index (χ0v) is 19.0. The summed E-state index contributed by atoms with van der Waals surface area (Å²) in [7, 11) is 0. The van der Waals surface area contributed by atoms with E-state index in [2.05, 4.69) is 5.32 Å². The number of nitrogens with zero attached hydrogens (tertiary/aromatic N) is 2. The van der Waals surface area contributed by atoms with E-state index in [-0.39, 0.29) is 19.1 Å². The van der Waals surface area contributed by atoms with Gasteiger partial charge in [-0.05, 0) is 17.4 Å².